The highest BCUT2D eigenvalue weighted by atomic mass is 16.6. The number of allylic oxidation sites excluding steroid dienone is 10. The van der Waals surface area contributed by atoms with Gasteiger partial charge in [0.2, 0.25) is 0 Å². The Balaban J connectivity index is 4.30. The lowest BCUT2D eigenvalue weighted by Crippen LogP contribution is -2.50. The van der Waals surface area contributed by atoms with Crippen LogP contribution in [0.15, 0.2) is 60.8 Å². The zero-order valence-electron chi connectivity index (χ0n) is 40.1. The number of hydrogen-bond acceptors (Lipinski definition) is 6. The number of carbonyl (C=O) groups excluding carboxylic acids is 2. The van der Waals surface area contributed by atoms with Gasteiger partial charge in [-0.05, 0) is 57.8 Å². The van der Waals surface area contributed by atoms with E-state index in [1.165, 1.54) is 89.9 Å². The van der Waals surface area contributed by atoms with Gasteiger partial charge in [-0.3, -0.25) is 9.59 Å². The number of aliphatic carboxylic acids is 1. The number of hydrogen-bond donors (Lipinski definition) is 1. The van der Waals surface area contributed by atoms with Crippen molar-refractivity contribution in [1.82, 2.24) is 0 Å². The van der Waals surface area contributed by atoms with Crippen LogP contribution in [0.2, 0.25) is 0 Å². The fourth-order valence-corrected chi connectivity index (χ4v) is 7.12. The number of nitrogens with zero attached hydrogens (tertiary/aromatic N) is 1. The first-order valence-corrected chi connectivity index (χ1v) is 24.8. The third-order valence-corrected chi connectivity index (χ3v) is 10.9. The Morgan fingerprint density at radius 1 is 0.508 bits per heavy atom. The van der Waals surface area contributed by atoms with Crippen LogP contribution in [0.1, 0.15) is 206 Å². The summed E-state index contributed by atoms with van der Waals surface area (Å²) in [7, 11) is 5.53. The number of carboxylic acid groups (broad SMARTS) is 1. The summed E-state index contributed by atoms with van der Waals surface area (Å²) < 4.78 is 17.3. The van der Waals surface area contributed by atoms with Gasteiger partial charge < -0.3 is 23.8 Å². The van der Waals surface area contributed by atoms with Crippen LogP contribution < -0.4 is 0 Å². The molecule has 0 aromatic rings. The minimum absolute atomic E-state index is 0.0549. The molecule has 0 aromatic heterocycles. The van der Waals surface area contributed by atoms with Crippen molar-refractivity contribution in [2.24, 2.45) is 0 Å². The van der Waals surface area contributed by atoms with Gasteiger partial charge in [0, 0.05) is 19.3 Å². The van der Waals surface area contributed by atoms with Crippen molar-refractivity contribution in [3.05, 3.63) is 60.8 Å². The Morgan fingerprint density at radius 3 is 1.36 bits per heavy atom. The molecule has 0 rings (SSSR count). The lowest BCUT2D eigenvalue weighted by Gasteiger charge is -2.31. The molecule has 352 valence electrons. The second-order valence-corrected chi connectivity index (χ2v) is 17.7. The molecule has 0 fully saturated rings. The first kappa shape index (κ1) is 58.0. The minimum atomic E-state index is -0.878. The molecule has 1 N–H and O–H groups in total. The van der Waals surface area contributed by atoms with Gasteiger partial charge in [-0.15, -0.1) is 0 Å². The van der Waals surface area contributed by atoms with Gasteiger partial charge in [0.1, 0.15) is 6.61 Å². The summed E-state index contributed by atoms with van der Waals surface area (Å²) in [4.78, 5) is 37.1. The number of ether oxygens (including phenoxy) is 3. The van der Waals surface area contributed by atoms with Crippen LogP contribution in [0.25, 0.3) is 0 Å². The topological polar surface area (TPSA) is 99.1 Å². The average molecular weight is 857 g/mol. The number of likely N-dealkylation sites (N-methyl/N-ethyl adjacent to an activating group) is 1. The molecule has 2 unspecified atom stereocenters. The summed E-state index contributed by atoms with van der Waals surface area (Å²) in [5.74, 6) is -1.48. The molecular weight excluding hydrogens is 763 g/mol. The number of quaternary nitrogens is 1. The maximum Gasteiger partial charge on any atom is 0.362 e. The molecule has 0 aliphatic carbocycles. The van der Waals surface area contributed by atoms with E-state index in [2.05, 4.69) is 74.6 Å². The van der Waals surface area contributed by atoms with Crippen LogP contribution in [0.4, 0.5) is 0 Å². The van der Waals surface area contributed by atoms with Crippen molar-refractivity contribution < 1.29 is 38.2 Å². The zero-order chi connectivity index (χ0) is 44.9. The molecule has 0 radical (unpaired) electrons. The van der Waals surface area contributed by atoms with Gasteiger partial charge in [-0.1, -0.05) is 190 Å². The monoisotopic (exact) mass is 857 g/mol. The highest BCUT2D eigenvalue weighted by Crippen LogP contribution is 2.15. The molecule has 0 spiro atoms. The number of unbranched alkanes of at least 4 members (excludes halogenated alkanes) is 20. The number of carboxylic acids is 1. The van der Waals surface area contributed by atoms with Crippen LogP contribution in [0.5, 0.6) is 0 Å². The van der Waals surface area contributed by atoms with Crippen LogP contribution in [-0.2, 0) is 28.6 Å². The van der Waals surface area contributed by atoms with Gasteiger partial charge >= 0.3 is 17.9 Å². The molecule has 0 aliphatic rings. The van der Waals surface area contributed by atoms with Crippen molar-refractivity contribution in [3.63, 3.8) is 0 Å². The second kappa shape index (κ2) is 43.7. The van der Waals surface area contributed by atoms with Crippen molar-refractivity contribution in [2.45, 2.75) is 219 Å². The first-order valence-electron chi connectivity index (χ1n) is 24.8. The smallest absolute Gasteiger partial charge is 0.362 e. The van der Waals surface area contributed by atoms with E-state index in [1.54, 1.807) is 0 Å². The molecule has 0 aromatic carbocycles. The Kier molecular flexibility index (Phi) is 41.5. The van der Waals surface area contributed by atoms with E-state index in [-0.39, 0.29) is 36.2 Å². The molecule has 0 heterocycles. The lowest BCUT2D eigenvalue weighted by atomic mass is 10.0. The predicted molar refractivity (Wildman–Crippen MR) is 257 cm³/mol. The molecule has 8 nitrogen and oxygen atoms in total. The molecule has 0 aliphatic heterocycles. The fraction of sp³-hybridized carbons (Fsp3) is 0.755. The molecule has 2 atom stereocenters. The third kappa shape index (κ3) is 42.1. The van der Waals surface area contributed by atoms with Crippen molar-refractivity contribution in [3.8, 4) is 0 Å². The first-order chi connectivity index (χ1) is 29.6. The Morgan fingerprint density at radius 2 is 0.918 bits per heavy atom. The second-order valence-electron chi connectivity index (χ2n) is 17.7. The Bertz CT molecular complexity index is 1180. The zero-order valence-corrected chi connectivity index (χ0v) is 40.1. The summed E-state index contributed by atoms with van der Waals surface area (Å²) in [6.45, 7) is 4.62. The molecule has 0 bridgehead atoms. The Hall–Kier alpha value is -2.97. The Labute approximate surface area is 375 Å². The SMILES string of the molecule is CC/C=C/C/C=C/C/C=C/C/C=C/C/C=C/CCCCCCCCC(=O)OC(COCCC(C(=O)O)[N+](C)(C)C)COC(=O)CCCCCCCCCCCCCCCCC. The van der Waals surface area contributed by atoms with E-state index < -0.39 is 18.1 Å². The molecule has 0 amide bonds. The van der Waals surface area contributed by atoms with Crippen LogP contribution in [0, 0.1) is 0 Å². The quantitative estimate of drug-likeness (QED) is 0.0282. The summed E-state index contributed by atoms with van der Waals surface area (Å²) >= 11 is 0. The van der Waals surface area contributed by atoms with Gasteiger partial charge in [-0.25, -0.2) is 4.79 Å². The maximum absolute atomic E-state index is 12.8. The van der Waals surface area contributed by atoms with E-state index in [0.29, 0.717) is 19.3 Å². The summed E-state index contributed by atoms with van der Waals surface area (Å²) in [5, 5.41) is 9.64. The number of carbonyl (C=O) groups is 3. The van der Waals surface area contributed by atoms with Crippen LogP contribution in [-0.4, -0.2) is 80.6 Å². The van der Waals surface area contributed by atoms with Crippen molar-refractivity contribution >= 4 is 17.9 Å². The summed E-state index contributed by atoms with van der Waals surface area (Å²) in [6.07, 6.45) is 54.0. The highest BCUT2D eigenvalue weighted by molar-refractivity contribution is 5.72. The fourth-order valence-electron chi connectivity index (χ4n) is 7.12. The normalized spacial score (nSPS) is 13.4. The van der Waals surface area contributed by atoms with Gasteiger partial charge in [0.25, 0.3) is 0 Å². The summed E-state index contributed by atoms with van der Waals surface area (Å²) in [5.41, 5.74) is 0. The lowest BCUT2D eigenvalue weighted by molar-refractivity contribution is -0.887. The predicted octanol–water partition coefficient (Wildman–Crippen LogP) is 14.1. The number of rotatable bonds is 44. The van der Waals surface area contributed by atoms with Crippen molar-refractivity contribution in [1.29, 1.82) is 0 Å². The van der Waals surface area contributed by atoms with Gasteiger partial charge in [-0.2, -0.15) is 0 Å². The van der Waals surface area contributed by atoms with E-state index >= 15 is 0 Å². The average Bonchev–Trinajstić information content (AvgIpc) is 3.22. The molecule has 8 heteroatoms. The largest absolute Gasteiger partial charge is 0.477 e. The van der Waals surface area contributed by atoms with Gasteiger partial charge in [0.05, 0.1) is 34.4 Å². The highest BCUT2D eigenvalue weighted by Gasteiger charge is 2.31. The minimum Gasteiger partial charge on any atom is -0.477 e. The molecule has 0 saturated heterocycles. The van der Waals surface area contributed by atoms with E-state index in [1.807, 2.05) is 21.1 Å². The standard InChI is InChI=1S/C53H93NO7/c1-6-8-10-12-14-16-18-20-22-23-24-25-26-27-28-30-32-34-36-38-40-42-44-52(56)61-49(47-59-46-45-50(53(57)58)54(3,4)5)48-60-51(55)43-41-39-37-35-33-31-29-21-19-17-15-13-11-9-7-2/h8,10,14,16,20,22,24-25,27-28,49-50H,6-7,9,11-13,15,17-19,21,23,26,29-48H2,1-5H3/p+1/b10-8+,16-14+,22-20+,25-24+,28-27+. The summed E-state index contributed by atoms with van der Waals surface area (Å²) in [6, 6.07) is -0.619. The van der Waals surface area contributed by atoms with E-state index in [9.17, 15) is 19.5 Å². The third-order valence-electron chi connectivity index (χ3n) is 10.9. The van der Waals surface area contributed by atoms with Crippen LogP contribution >= 0.6 is 0 Å². The molecule has 0 saturated carbocycles. The van der Waals surface area contributed by atoms with E-state index in [4.69, 9.17) is 14.2 Å². The molecule has 61 heavy (non-hydrogen) atoms. The van der Waals surface area contributed by atoms with Crippen molar-refractivity contribution in [2.75, 3.05) is 41.0 Å². The van der Waals surface area contributed by atoms with E-state index in [0.717, 1.165) is 83.5 Å². The molecular formula is C53H94NO7+. The maximum atomic E-state index is 12.8. The van der Waals surface area contributed by atoms with Gasteiger partial charge in [0.15, 0.2) is 12.1 Å². The van der Waals surface area contributed by atoms with Crippen LogP contribution in [0.3, 0.4) is 0 Å². The number of esters is 2.